The number of nitrogens with one attached hydrogen (secondary N) is 1. The highest BCUT2D eigenvalue weighted by atomic mass is 32.2. The monoisotopic (exact) mass is 388 g/mol. The maximum atomic E-state index is 12.1. The molecular weight excluding hydrogens is 364 g/mol. The Bertz CT molecular complexity index is 924. The van der Waals surface area contributed by atoms with E-state index in [2.05, 4.69) is 10.3 Å². The lowest BCUT2D eigenvalue weighted by Gasteiger charge is -2.26. The Kier molecular flexibility index (Phi) is 5.67. The minimum Gasteiger partial charge on any atom is -0.493 e. The summed E-state index contributed by atoms with van der Waals surface area (Å²) in [5.41, 5.74) is 7.99. The molecule has 1 atom stereocenters. The van der Waals surface area contributed by atoms with Crippen LogP contribution in [0.1, 0.15) is 23.6 Å². The van der Waals surface area contributed by atoms with Crippen LogP contribution in [-0.4, -0.2) is 39.4 Å². The van der Waals surface area contributed by atoms with Crippen molar-refractivity contribution in [2.75, 3.05) is 20.7 Å². The summed E-state index contributed by atoms with van der Waals surface area (Å²) >= 11 is 0. The van der Waals surface area contributed by atoms with Gasteiger partial charge in [0.15, 0.2) is 5.96 Å². The molecule has 7 nitrogen and oxygen atoms in total. The van der Waals surface area contributed by atoms with Gasteiger partial charge < -0.3 is 15.8 Å². The Balaban J connectivity index is 1.65. The molecule has 0 aromatic heterocycles. The molecule has 144 valence electrons. The average molecular weight is 388 g/mol. The van der Waals surface area contributed by atoms with Crippen molar-refractivity contribution in [1.82, 2.24) is 9.62 Å². The van der Waals surface area contributed by atoms with Crippen LogP contribution >= 0.6 is 0 Å². The number of nitrogens with zero attached hydrogens (tertiary/aromatic N) is 2. The summed E-state index contributed by atoms with van der Waals surface area (Å²) in [5, 5.41) is 3.24. The van der Waals surface area contributed by atoms with E-state index < -0.39 is 10.0 Å². The Morgan fingerprint density at radius 3 is 2.63 bits per heavy atom. The number of aliphatic imine (C=N–C) groups is 1. The molecule has 2 aromatic carbocycles. The van der Waals surface area contributed by atoms with E-state index in [0.717, 1.165) is 23.3 Å². The molecule has 0 aliphatic carbocycles. The first-order valence-corrected chi connectivity index (χ1v) is 10.1. The summed E-state index contributed by atoms with van der Waals surface area (Å²) in [4.78, 5) is 4.63. The molecule has 0 bridgehead atoms. The maximum Gasteiger partial charge on any atom is 0.242 e. The molecule has 3 N–H and O–H groups in total. The van der Waals surface area contributed by atoms with Crippen LogP contribution in [0.5, 0.6) is 5.75 Å². The van der Waals surface area contributed by atoms with Gasteiger partial charge in [-0.15, -0.1) is 0 Å². The number of fused-ring (bicyclic) bond motifs is 1. The van der Waals surface area contributed by atoms with Crippen LogP contribution in [0.4, 0.5) is 0 Å². The summed E-state index contributed by atoms with van der Waals surface area (Å²) in [6.45, 7) is 0.996. The number of ether oxygens (including phenoxy) is 1. The van der Waals surface area contributed by atoms with Crippen LogP contribution in [-0.2, 0) is 16.6 Å². The zero-order chi connectivity index (χ0) is 19.4. The molecule has 1 unspecified atom stereocenters. The number of hydrogen-bond donors (Lipinski definition) is 2. The van der Waals surface area contributed by atoms with E-state index in [1.165, 1.54) is 18.4 Å². The summed E-state index contributed by atoms with van der Waals surface area (Å²) in [6, 6.07) is 14.6. The SMILES string of the molecule is CN(C)S(=O)(=O)c1ccc(CN=C(N)NC2CCOc3ccccc32)cc1. The van der Waals surface area contributed by atoms with Crippen molar-refractivity contribution in [3.63, 3.8) is 0 Å². The molecule has 8 heteroatoms. The van der Waals surface area contributed by atoms with Gasteiger partial charge in [0.2, 0.25) is 10.0 Å². The lowest BCUT2D eigenvalue weighted by Crippen LogP contribution is -2.37. The van der Waals surface area contributed by atoms with Gasteiger partial charge in [0, 0.05) is 26.1 Å². The van der Waals surface area contributed by atoms with E-state index in [4.69, 9.17) is 10.5 Å². The zero-order valence-corrected chi connectivity index (χ0v) is 16.2. The number of guanidine groups is 1. The molecular formula is C19H24N4O3S. The first kappa shape index (κ1) is 19.2. The van der Waals surface area contributed by atoms with Gasteiger partial charge in [-0.25, -0.2) is 17.7 Å². The summed E-state index contributed by atoms with van der Waals surface area (Å²) < 4.78 is 31.0. The quantitative estimate of drug-likeness (QED) is 0.602. The third-order valence-electron chi connectivity index (χ3n) is 4.41. The van der Waals surface area contributed by atoms with E-state index >= 15 is 0 Å². The van der Waals surface area contributed by atoms with Gasteiger partial charge in [0.1, 0.15) is 5.75 Å². The fraction of sp³-hybridized carbons (Fsp3) is 0.316. The average Bonchev–Trinajstić information content (AvgIpc) is 2.67. The van der Waals surface area contributed by atoms with Crippen LogP contribution in [0.3, 0.4) is 0 Å². The lowest BCUT2D eigenvalue weighted by atomic mass is 10.0. The standard InChI is InChI=1S/C19H24N4O3S/c1-23(2)27(24,25)15-9-7-14(8-10-15)13-21-19(20)22-17-11-12-26-18-6-4-3-5-16(17)18/h3-10,17H,11-13H2,1-2H3,(H3,20,21,22). The van der Waals surface area contributed by atoms with E-state index in [9.17, 15) is 8.42 Å². The van der Waals surface area contributed by atoms with Crippen LogP contribution in [0, 0.1) is 0 Å². The molecule has 1 aliphatic rings. The number of hydrogen-bond acceptors (Lipinski definition) is 4. The van der Waals surface area contributed by atoms with Crippen LogP contribution < -0.4 is 15.8 Å². The molecule has 0 radical (unpaired) electrons. The second-order valence-corrected chi connectivity index (χ2v) is 8.66. The third kappa shape index (κ3) is 4.40. The highest BCUT2D eigenvalue weighted by Gasteiger charge is 2.21. The molecule has 0 fully saturated rings. The number of rotatable bonds is 5. The minimum absolute atomic E-state index is 0.0614. The van der Waals surface area contributed by atoms with Gasteiger partial charge in [-0.3, -0.25) is 0 Å². The van der Waals surface area contributed by atoms with Gasteiger partial charge in [0.25, 0.3) is 0 Å². The Morgan fingerprint density at radius 2 is 1.93 bits per heavy atom. The van der Waals surface area contributed by atoms with E-state index in [1.807, 2.05) is 24.3 Å². The number of sulfonamides is 1. The number of nitrogens with two attached hydrogens (primary N) is 1. The molecule has 1 heterocycles. The van der Waals surface area contributed by atoms with Gasteiger partial charge in [-0.05, 0) is 23.8 Å². The molecule has 0 saturated heterocycles. The van der Waals surface area contributed by atoms with Crippen molar-refractivity contribution in [2.45, 2.75) is 23.9 Å². The minimum atomic E-state index is -3.42. The molecule has 1 aliphatic heterocycles. The smallest absolute Gasteiger partial charge is 0.242 e. The molecule has 3 rings (SSSR count). The van der Waals surface area contributed by atoms with Crippen LogP contribution in [0.25, 0.3) is 0 Å². The molecule has 0 spiro atoms. The van der Waals surface area contributed by atoms with Crippen molar-refractivity contribution in [3.05, 3.63) is 59.7 Å². The van der Waals surface area contributed by atoms with E-state index in [-0.39, 0.29) is 10.9 Å². The van der Waals surface area contributed by atoms with E-state index in [0.29, 0.717) is 19.1 Å². The lowest BCUT2D eigenvalue weighted by molar-refractivity contribution is 0.262. The fourth-order valence-corrected chi connectivity index (χ4v) is 3.77. The van der Waals surface area contributed by atoms with Gasteiger partial charge in [0.05, 0.1) is 24.1 Å². The normalized spacial score (nSPS) is 17.3. The van der Waals surface area contributed by atoms with Crippen molar-refractivity contribution >= 4 is 16.0 Å². The maximum absolute atomic E-state index is 12.1. The highest BCUT2D eigenvalue weighted by molar-refractivity contribution is 7.89. The van der Waals surface area contributed by atoms with Crippen LogP contribution in [0.2, 0.25) is 0 Å². The van der Waals surface area contributed by atoms with Crippen molar-refractivity contribution in [2.24, 2.45) is 10.7 Å². The second-order valence-electron chi connectivity index (χ2n) is 6.50. The van der Waals surface area contributed by atoms with Crippen molar-refractivity contribution in [1.29, 1.82) is 0 Å². The number of para-hydroxylation sites is 1. The Labute approximate surface area is 159 Å². The molecule has 27 heavy (non-hydrogen) atoms. The molecule has 2 aromatic rings. The largest absolute Gasteiger partial charge is 0.493 e. The fourth-order valence-electron chi connectivity index (χ4n) is 2.87. The second kappa shape index (κ2) is 7.98. The first-order valence-electron chi connectivity index (χ1n) is 8.67. The zero-order valence-electron chi connectivity index (χ0n) is 15.4. The van der Waals surface area contributed by atoms with E-state index in [1.54, 1.807) is 24.3 Å². The summed E-state index contributed by atoms with van der Waals surface area (Å²) in [6.07, 6.45) is 0.810. The predicted octanol–water partition coefficient (Wildman–Crippen LogP) is 1.86. The Hall–Kier alpha value is -2.58. The number of benzene rings is 2. The summed E-state index contributed by atoms with van der Waals surface area (Å²) in [5.74, 6) is 1.22. The summed E-state index contributed by atoms with van der Waals surface area (Å²) in [7, 11) is -0.407. The Morgan fingerprint density at radius 1 is 1.22 bits per heavy atom. The highest BCUT2D eigenvalue weighted by Crippen LogP contribution is 2.31. The molecule has 0 saturated carbocycles. The van der Waals surface area contributed by atoms with Crippen LogP contribution in [0.15, 0.2) is 58.4 Å². The third-order valence-corrected chi connectivity index (χ3v) is 6.24. The predicted molar refractivity (Wildman–Crippen MR) is 105 cm³/mol. The van der Waals surface area contributed by atoms with Crippen molar-refractivity contribution in [3.8, 4) is 5.75 Å². The van der Waals surface area contributed by atoms with Crippen molar-refractivity contribution < 1.29 is 13.2 Å². The van der Waals surface area contributed by atoms with Gasteiger partial charge in [-0.1, -0.05) is 30.3 Å². The molecule has 0 amide bonds. The first-order chi connectivity index (χ1) is 12.9. The van der Waals surface area contributed by atoms with Gasteiger partial charge in [-0.2, -0.15) is 0 Å². The van der Waals surface area contributed by atoms with Gasteiger partial charge >= 0.3 is 0 Å². The topological polar surface area (TPSA) is 97.0 Å².